The number of hydrogen-bond acceptors (Lipinski definition) is 6. The molecular weight excluding hydrogens is 348 g/mol. The highest BCUT2D eigenvalue weighted by atomic mass is 16.4. The topological polar surface area (TPSA) is 115 Å². The first-order valence-electron chi connectivity index (χ1n) is 10.0. The van der Waals surface area contributed by atoms with Crippen LogP contribution in [0, 0.1) is 28.6 Å². The van der Waals surface area contributed by atoms with Crippen LogP contribution in [0.2, 0.25) is 0 Å². The van der Waals surface area contributed by atoms with Crippen molar-refractivity contribution in [1.82, 2.24) is 0 Å². The molecule has 6 heteroatoms. The predicted molar refractivity (Wildman–Crippen MR) is 96.5 cm³/mol. The highest BCUT2D eigenvalue weighted by Gasteiger charge is 2.71. The summed E-state index contributed by atoms with van der Waals surface area (Å²) in [6.45, 7) is 3.07. The molecule has 0 bridgehead atoms. The smallest absolute Gasteiger partial charge is 0.192 e. The summed E-state index contributed by atoms with van der Waals surface area (Å²) in [6, 6.07) is 0. The van der Waals surface area contributed by atoms with E-state index in [0.29, 0.717) is 25.7 Å². The standard InChI is InChI=1S/C21H30O6/c1-19-6-5-12(23)7-11(19)3-4-13-14-8-16(25)21(27,17(26)10-22)20(14,2)9-15(24)18(13)19/h3,13-16,18,22,24-25,27H,4-10H2,1-2H3/t13-,14-,15?,16?,18+,19-,20-,21-/m0/s1. The highest BCUT2D eigenvalue weighted by Crippen LogP contribution is 2.67. The Kier molecular flexibility index (Phi) is 4.25. The number of fused-ring (bicyclic) bond motifs is 5. The minimum Gasteiger partial charge on any atom is -0.393 e. The van der Waals surface area contributed by atoms with E-state index in [1.807, 2.05) is 0 Å². The van der Waals surface area contributed by atoms with Crippen molar-refractivity contribution in [2.24, 2.45) is 28.6 Å². The zero-order valence-electron chi connectivity index (χ0n) is 16.0. The first-order valence-corrected chi connectivity index (χ1v) is 10.0. The molecule has 8 atom stereocenters. The molecule has 0 amide bonds. The molecule has 4 N–H and O–H groups in total. The number of hydrogen-bond donors (Lipinski definition) is 4. The number of Topliss-reactive ketones (excluding diaryl/α,β-unsaturated/α-hetero) is 2. The van der Waals surface area contributed by atoms with E-state index in [1.165, 1.54) is 0 Å². The number of aliphatic hydroxyl groups excluding tert-OH is 3. The second-order valence-electron chi connectivity index (χ2n) is 9.68. The van der Waals surface area contributed by atoms with Gasteiger partial charge in [-0.2, -0.15) is 0 Å². The van der Waals surface area contributed by atoms with Gasteiger partial charge in [-0.1, -0.05) is 25.5 Å². The molecule has 0 saturated heterocycles. The van der Waals surface area contributed by atoms with E-state index in [-0.39, 0.29) is 41.8 Å². The van der Waals surface area contributed by atoms with Crippen LogP contribution in [-0.2, 0) is 9.59 Å². The maximum Gasteiger partial charge on any atom is 0.192 e. The molecule has 6 nitrogen and oxygen atoms in total. The Hall–Kier alpha value is -1.08. The lowest BCUT2D eigenvalue weighted by molar-refractivity contribution is -0.191. The fourth-order valence-corrected chi connectivity index (χ4v) is 7.25. The molecule has 0 radical (unpaired) electrons. The van der Waals surface area contributed by atoms with E-state index in [9.17, 15) is 30.0 Å². The Morgan fingerprint density at radius 1 is 1.30 bits per heavy atom. The van der Waals surface area contributed by atoms with Crippen LogP contribution in [-0.4, -0.2) is 56.4 Å². The molecule has 3 saturated carbocycles. The Labute approximate surface area is 159 Å². The van der Waals surface area contributed by atoms with Crippen molar-refractivity contribution in [2.45, 2.75) is 70.2 Å². The van der Waals surface area contributed by atoms with Crippen molar-refractivity contribution >= 4 is 11.6 Å². The van der Waals surface area contributed by atoms with Crippen molar-refractivity contribution < 1.29 is 30.0 Å². The van der Waals surface area contributed by atoms with Gasteiger partial charge in [-0.05, 0) is 48.9 Å². The first-order chi connectivity index (χ1) is 12.6. The van der Waals surface area contributed by atoms with Crippen molar-refractivity contribution in [1.29, 1.82) is 0 Å². The molecule has 0 spiro atoms. The van der Waals surface area contributed by atoms with Crippen molar-refractivity contribution in [3.05, 3.63) is 11.6 Å². The Balaban J connectivity index is 1.77. The lowest BCUT2D eigenvalue weighted by Crippen LogP contribution is -2.63. The summed E-state index contributed by atoms with van der Waals surface area (Å²) < 4.78 is 0. The molecule has 0 heterocycles. The average Bonchev–Trinajstić information content (AvgIpc) is 2.82. The summed E-state index contributed by atoms with van der Waals surface area (Å²) in [7, 11) is 0. The summed E-state index contributed by atoms with van der Waals surface area (Å²) in [5.41, 5.74) is -2.17. The minimum absolute atomic E-state index is 0.0240. The monoisotopic (exact) mass is 378 g/mol. The third kappa shape index (κ3) is 2.27. The molecule has 0 aliphatic heterocycles. The Bertz CT molecular complexity index is 715. The first kappa shape index (κ1) is 19.2. The molecule has 0 aromatic heterocycles. The Morgan fingerprint density at radius 3 is 2.67 bits per heavy atom. The number of ketones is 2. The maximum absolute atomic E-state index is 12.4. The van der Waals surface area contributed by atoms with E-state index in [4.69, 9.17) is 0 Å². The number of aliphatic hydroxyl groups is 4. The molecular formula is C21H30O6. The average molecular weight is 378 g/mol. The number of rotatable bonds is 2. The zero-order chi connectivity index (χ0) is 19.8. The molecule has 150 valence electrons. The van der Waals surface area contributed by atoms with Gasteiger partial charge in [-0.15, -0.1) is 0 Å². The lowest BCUT2D eigenvalue weighted by Gasteiger charge is -2.59. The highest BCUT2D eigenvalue weighted by molar-refractivity contribution is 5.90. The Morgan fingerprint density at radius 2 is 2.00 bits per heavy atom. The predicted octanol–water partition coefficient (Wildman–Crippen LogP) is 0.752. The van der Waals surface area contributed by atoms with E-state index in [1.54, 1.807) is 6.92 Å². The van der Waals surface area contributed by atoms with Gasteiger partial charge in [0, 0.05) is 18.3 Å². The second-order valence-corrected chi connectivity index (χ2v) is 9.68. The van der Waals surface area contributed by atoms with Crippen LogP contribution >= 0.6 is 0 Å². The normalized spacial score (nSPS) is 51.9. The third-order valence-electron chi connectivity index (χ3n) is 8.66. The maximum atomic E-state index is 12.4. The fraction of sp³-hybridized carbons (Fsp3) is 0.810. The van der Waals surface area contributed by atoms with Gasteiger partial charge in [0.1, 0.15) is 12.4 Å². The molecule has 4 aliphatic carbocycles. The van der Waals surface area contributed by atoms with E-state index in [2.05, 4.69) is 13.0 Å². The van der Waals surface area contributed by atoms with Crippen molar-refractivity contribution in [2.75, 3.05) is 6.61 Å². The molecule has 3 fully saturated rings. The van der Waals surface area contributed by atoms with Gasteiger partial charge in [0.15, 0.2) is 11.4 Å². The van der Waals surface area contributed by atoms with Gasteiger partial charge < -0.3 is 20.4 Å². The van der Waals surface area contributed by atoms with Gasteiger partial charge in [-0.25, -0.2) is 0 Å². The van der Waals surface area contributed by atoms with Crippen LogP contribution in [0.3, 0.4) is 0 Å². The van der Waals surface area contributed by atoms with E-state index in [0.717, 1.165) is 5.57 Å². The van der Waals surface area contributed by atoms with Crippen LogP contribution in [0.4, 0.5) is 0 Å². The fourth-order valence-electron chi connectivity index (χ4n) is 7.25. The summed E-state index contributed by atoms with van der Waals surface area (Å²) >= 11 is 0. The number of carbonyl (C=O) groups is 2. The molecule has 2 unspecified atom stereocenters. The van der Waals surface area contributed by atoms with Crippen LogP contribution in [0.15, 0.2) is 11.6 Å². The molecule has 0 aromatic rings. The van der Waals surface area contributed by atoms with Crippen LogP contribution in [0.5, 0.6) is 0 Å². The van der Waals surface area contributed by atoms with Crippen molar-refractivity contribution in [3.63, 3.8) is 0 Å². The third-order valence-corrected chi connectivity index (χ3v) is 8.66. The quantitative estimate of drug-likeness (QED) is 0.527. The molecule has 27 heavy (non-hydrogen) atoms. The van der Waals surface area contributed by atoms with Gasteiger partial charge in [0.05, 0.1) is 12.2 Å². The van der Waals surface area contributed by atoms with E-state index >= 15 is 0 Å². The lowest BCUT2D eigenvalue weighted by atomic mass is 9.46. The number of carbonyl (C=O) groups excluding carboxylic acids is 2. The molecule has 0 aromatic carbocycles. The largest absolute Gasteiger partial charge is 0.393 e. The van der Waals surface area contributed by atoms with Gasteiger partial charge in [-0.3, -0.25) is 9.59 Å². The second kappa shape index (κ2) is 5.96. The summed E-state index contributed by atoms with van der Waals surface area (Å²) in [6.07, 6.45) is 2.97. The van der Waals surface area contributed by atoms with Crippen LogP contribution < -0.4 is 0 Å². The number of allylic oxidation sites excluding steroid dienone is 2. The summed E-state index contributed by atoms with van der Waals surface area (Å²) in [4.78, 5) is 24.4. The van der Waals surface area contributed by atoms with Crippen molar-refractivity contribution in [3.8, 4) is 0 Å². The van der Waals surface area contributed by atoms with Gasteiger partial charge >= 0.3 is 0 Å². The molecule has 4 rings (SSSR count). The zero-order valence-corrected chi connectivity index (χ0v) is 16.0. The summed E-state index contributed by atoms with van der Waals surface area (Å²) in [5, 5.41) is 42.4. The van der Waals surface area contributed by atoms with Crippen LogP contribution in [0.25, 0.3) is 0 Å². The molecule has 4 aliphatic rings. The minimum atomic E-state index is -2.04. The SMILES string of the molecule is C[C@]12CCC(=O)CC1=CC[C@@H]1[C@@H]2C(O)C[C@@]2(C)[C@H]1CC(O)[C@]2(O)C(=O)CO. The van der Waals surface area contributed by atoms with Gasteiger partial charge in [0.25, 0.3) is 0 Å². The van der Waals surface area contributed by atoms with Gasteiger partial charge in [0.2, 0.25) is 0 Å². The van der Waals surface area contributed by atoms with Crippen LogP contribution in [0.1, 0.15) is 52.4 Å². The summed E-state index contributed by atoms with van der Waals surface area (Å²) in [5.74, 6) is -0.689. The van der Waals surface area contributed by atoms with E-state index < -0.39 is 35.6 Å².